The van der Waals surface area contributed by atoms with E-state index in [1.165, 1.54) is 19.9 Å². The van der Waals surface area contributed by atoms with Gasteiger partial charge in [0.05, 0.1) is 10.1 Å². The number of hydrogen-bond donors (Lipinski definition) is 1. The first-order valence-corrected chi connectivity index (χ1v) is 11.6. The number of rotatable bonds is 6. The van der Waals surface area contributed by atoms with Crippen LogP contribution in [0.1, 0.15) is 31.4 Å². The van der Waals surface area contributed by atoms with Gasteiger partial charge in [0, 0.05) is 32.1 Å². The molecule has 2 aliphatic rings. The molecular weight excluding hydrogens is 420 g/mol. The Morgan fingerprint density at radius 2 is 1.90 bits per heavy atom. The van der Waals surface area contributed by atoms with E-state index in [-0.39, 0.29) is 36.5 Å². The molecule has 1 atom stereocenters. The van der Waals surface area contributed by atoms with Crippen molar-refractivity contribution in [1.82, 2.24) is 5.32 Å². The van der Waals surface area contributed by atoms with E-state index in [1.54, 1.807) is 29.2 Å². The Labute approximate surface area is 181 Å². The summed E-state index contributed by atoms with van der Waals surface area (Å²) in [5.74, 6) is 0.873. The Morgan fingerprint density at radius 1 is 1.13 bits per heavy atom. The lowest BCUT2D eigenvalue weighted by molar-refractivity contribution is -0.121. The summed E-state index contributed by atoms with van der Waals surface area (Å²) in [7, 11) is -3.69. The minimum Gasteiger partial charge on any atom is -0.454 e. The van der Waals surface area contributed by atoms with Crippen LogP contribution in [-0.4, -0.2) is 38.8 Å². The number of nitrogens with zero attached hydrogens (tertiary/aromatic N) is 1. The summed E-state index contributed by atoms with van der Waals surface area (Å²) in [5.41, 5.74) is 2.41. The fraction of sp³-hybridized carbons (Fsp3) is 0.364. The number of fused-ring (bicyclic) bond motifs is 2. The van der Waals surface area contributed by atoms with Crippen molar-refractivity contribution in [3.63, 3.8) is 0 Å². The largest absolute Gasteiger partial charge is 0.454 e. The second-order valence-electron chi connectivity index (χ2n) is 7.74. The summed E-state index contributed by atoms with van der Waals surface area (Å²) in [4.78, 5) is 25.9. The van der Waals surface area contributed by atoms with Crippen LogP contribution in [0.2, 0.25) is 0 Å². The van der Waals surface area contributed by atoms with Gasteiger partial charge in [0.2, 0.25) is 18.6 Å². The summed E-state index contributed by atoms with van der Waals surface area (Å²) in [6.45, 7) is 4.01. The molecule has 4 rings (SSSR count). The van der Waals surface area contributed by atoms with E-state index < -0.39 is 15.1 Å². The molecule has 2 aromatic carbocycles. The summed E-state index contributed by atoms with van der Waals surface area (Å²) in [5, 5.41) is 1.88. The van der Waals surface area contributed by atoms with Crippen LogP contribution in [0.15, 0.2) is 41.3 Å². The van der Waals surface area contributed by atoms with Gasteiger partial charge < -0.3 is 19.7 Å². The molecule has 0 fully saturated rings. The highest BCUT2D eigenvalue weighted by atomic mass is 32.2. The monoisotopic (exact) mass is 444 g/mol. The number of ether oxygens (including phenoxy) is 2. The lowest BCUT2D eigenvalue weighted by atomic mass is 10.2. The van der Waals surface area contributed by atoms with Crippen LogP contribution in [0.4, 0.5) is 5.69 Å². The molecule has 8 nitrogen and oxygen atoms in total. The van der Waals surface area contributed by atoms with Gasteiger partial charge in [-0.3, -0.25) is 9.59 Å². The van der Waals surface area contributed by atoms with Gasteiger partial charge in [-0.05, 0) is 54.8 Å². The first-order valence-electron chi connectivity index (χ1n) is 10.1. The van der Waals surface area contributed by atoms with E-state index in [0.29, 0.717) is 24.5 Å². The lowest BCUT2D eigenvalue weighted by Gasteiger charge is -2.16. The first-order chi connectivity index (χ1) is 14.8. The van der Waals surface area contributed by atoms with Gasteiger partial charge in [0.15, 0.2) is 21.3 Å². The highest BCUT2D eigenvalue weighted by Gasteiger charge is 2.29. The van der Waals surface area contributed by atoms with Crippen molar-refractivity contribution in [2.45, 2.75) is 43.4 Å². The molecule has 2 aromatic rings. The van der Waals surface area contributed by atoms with Crippen LogP contribution in [0.5, 0.6) is 11.5 Å². The van der Waals surface area contributed by atoms with E-state index in [1.807, 2.05) is 6.07 Å². The maximum atomic E-state index is 13.0. The summed E-state index contributed by atoms with van der Waals surface area (Å²) in [6, 6.07) is 10.2. The molecule has 0 bridgehead atoms. The van der Waals surface area contributed by atoms with Gasteiger partial charge in [0.25, 0.3) is 0 Å². The van der Waals surface area contributed by atoms with E-state index in [9.17, 15) is 18.0 Å². The van der Waals surface area contributed by atoms with Gasteiger partial charge in [0.1, 0.15) is 0 Å². The van der Waals surface area contributed by atoms with Gasteiger partial charge in [-0.15, -0.1) is 0 Å². The number of nitrogens with one attached hydrogen (secondary N) is 1. The third-order valence-electron chi connectivity index (χ3n) is 5.58. The van der Waals surface area contributed by atoms with E-state index in [4.69, 9.17) is 9.47 Å². The molecule has 0 unspecified atom stereocenters. The molecule has 164 valence electrons. The number of benzene rings is 2. The van der Waals surface area contributed by atoms with E-state index in [2.05, 4.69) is 5.32 Å². The highest BCUT2D eigenvalue weighted by molar-refractivity contribution is 7.92. The van der Waals surface area contributed by atoms with Gasteiger partial charge in [-0.1, -0.05) is 6.07 Å². The Hall–Kier alpha value is -3.07. The predicted molar refractivity (Wildman–Crippen MR) is 114 cm³/mol. The Morgan fingerprint density at radius 3 is 2.68 bits per heavy atom. The molecule has 2 aliphatic heterocycles. The maximum absolute atomic E-state index is 13.0. The number of hydrogen-bond acceptors (Lipinski definition) is 6. The van der Waals surface area contributed by atoms with Crippen LogP contribution < -0.4 is 19.7 Å². The Balaban J connectivity index is 1.39. The molecule has 2 heterocycles. The van der Waals surface area contributed by atoms with E-state index >= 15 is 0 Å². The zero-order valence-electron chi connectivity index (χ0n) is 17.4. The van der Waals surface area contributed by atoms with E-state index in [0.717, 1.165) is 16.8 Å². The number of amides is 2. The minimum atomic E-state index is -3.69. The summed E-state index contributed by atoms with van der Waals surface area (Å²) < 4.78 is 36.6. The molecule has 0 saturated carbocycles. The fourth-order valence-corrected chi connectivity index (χ4v) is 5.21. The van der Waals surface area contributed by atoms with Gasteiger partial charge in [-0.2, -0.15) is 0 Å². The SMILES string of the molecule is CC(=O)N1CCc2cc(S(=O)(=O)[C@@H](C)CC(=O)NCc3ccc4c(c3)OCO4)ccc21. The van der Waals surface area contributed by atoms with Crippen LogP contribution in [0, 0.1) is 0 Å². The number of anilines is 1. The molecule has 2 amide bonds. The second-order valence-corrected chi connectivity index (χ2v) is 10.1. The zero-order chi connectivity index (χ0) is 22.2. The van der Waals surface area contributed by atoms with Crippen LogP contribution >= 0.6 is 0 Å². The number of carbonyl (C=O) groups is 2. The molecule has 1 N–H and O–H groups in total. The molecule has 0 aromatic heterocycles. The average molecular weight is 445 g/mol. The van der Waals surface area contributed by atoms with Gasteiger partial charge >= 0.3 is 0 Å². The topological polar surface area (TPSA) is 102 Å². The average Bonchev–Trinajstić information content (AvgIpc) is 3.37. The molecule has 9 heteroatoms. The zero-order valence-corrected chi connectivity index (χ0v) is 18.2. The standard InChI is InChI=1S/C22H24N2O6S/c1-14(9-22(26)23-12-16-3-6-20-21(10-16)30-13-29-20)31(27,28)18-4-5-19-17(11-18)7-8-24(19)15(2)25/h3-6,10-11,14H,7-9,12-13H2,1-2H3,(H,23,26)/t14-/m0/s1. The molecule has 0 aliphatic carbocycles. The first kappa shape index (κ1) is 21.2. The minimum absolute atomic E-state index is 0.0677. The smallest absolute Gasteiger partial charge is 0.231 e. The van der Waals surface area contributed by atoms with Crippen LogP contribution in [0.25, 0.3) is 0 Å². The number of sulfone groups is 1. The third kappa shape index (κ3) is 4.23. The van der Waals surface area contributed by atoms with Crippen molar-refractivity contribution in [3.8, 4) is 11.5 Å². The van der Waals surface area contributed by atoms with Crippen molar-refractivity contribution in [3.05, 3.63) is 47.5 Å². The van der Waals surface area contributed by atoms with Gasteiger partial charge in [-0.25, -0.2) is 8.42 Å². The highest BCUT2D eigenvalue weighted by Crippen LogP contribution is 2.33. The normalized spacial score (nSPS) is 15.5. The molecule has 0 radical (unpaired) electrons. The molecule has 0 spiro atoms. The van der Waals surface area contributed by atoms with Crippen molar-refractivity contribution >= 4 is 27.3 Å². The van der Waals surface area contributed by atoms with Crippen molar-refractivity contribution in [2.75, 3.05) is 18.2 Å². The summed E-state index contributed by atoms with van der Waals surface area (Å²) in [6.07, 6.45) is 0.464. The molecular formula is C22H24N2O6S. The van der Waals surface area contributed by atoms with Crippen molar-refractivity contribution in [2.24, 2.45) is 0 Å². The Kier molecular flexibility index (Phi) is 5.62. The third-order valence-corrected chi connectivity index (χ3v) is 7.72. The number of carbonyl (C=O) groups excluding carboxylic acids is 2. The van der Waals surface area contributed by atoms with Crippen molar-refractivity contribution < 1.29 is 27.5 Å². The molecule has 0 saturated heterocycles. The predicted octanol–water partition coefficient (Wildman–Crippen LogP) is 2.19. The van der Waals surface area contributed by atoms with Crippen LogP contribution in [-0.2, 0) is 32.4 Å². The summed E-state index contributed by atoms with van der Waals surface area (Å²) >= 11 is 0. The Bertz CT molecular complexity index is 1140. The fourth-order valence-electron chi connectivity index (χ4n) is 3.81. The molecule has 31 heavy (non-hydrogen) atoms. The van der Waals surface area contributed by atoms with Crippen molar-refractivity contribution in [1.29, 1.82) is 0 Å². The lowest BCUT2D eigenvalue weighted by Crippen LogP contribution is -2.29. The second kappa shape index (κ2) is 8.22. The quantitative estimate of drug-likeness (QED) is 0.733. The van der Waals surface area contributed by atoms with Crippen LogP contribution in [0.3, 0.4) is 0 Å². The maximum Gasteiger partial charge on any atom is 0.231 e.